The quantitative estimate of drug-likeness (QED) is 0.583. The highest BCUT2D eigenvalue weighted by Gasteiger charge is 2.14. The Balaban J connectivity index is 2.51. The standard InChI is InChI=1S/C7H12N4O2/c1-4(6-8-3-9-11-6)10-7(13)5(2)12/h3-5,12H,1-2H3,(H,10,13)(H,8,9,11)/t4?,5-/m1/s1. The van der Waals surface area contributed by atoms with Gasteiger partial charge in [-0.1, -0.05) is 0 Å². The second-order valence-corrected chi connectivity index (χ2v) is 2.78. The molecule has 13 heavy (non-hydrogen) atoms. The Hall–Kier alpha value is -1.43. The van der Waals surface area contributed by atoms with Crippen molar-refractivity contribution in [3.8, 4) is 0 Å². The van der Waals surface area contributed by atoms with Crippen LogP contribution in [-0.4, -0.2) is 32.3 Å². The largest absolute Gasteiger partial charge is 0.384 e. The number of nitrogens with one attached hydrogen (secondary N) is 2. The maximum Gasteiger partial charge on any atom is 0.249 e. The van der Waals surface area contributed by atoms with Gasteiger partial charge in [-0.05, 0) is 13.8 Å². The van der Waals surface area contributed by atoms with Crippen molar-refractivity contribution in [2.45, 2.75) is 26.0 Å². The molecule has 0 spiro atoms. The minimum atomic E-state index is -1.01. The van der Waals surface area contributed by atoms with E-state index in [0.717, 1.165) is 0 Å². The smallest absolute Gasteiger partial charge is 0.249 e. The Bertz CT molecular complexity index is 270. The summed E-state index contributed by atoms with van der Waals surface area (Å²) in [6.07, 6.45) is 0.353. The van der Waals surface area contributed by atoms with Crippen molar-refractivity contribution in [3.63, 3.8) is 0 Å². The summed E-state index contributed by atoms with van der Waals surface area (Å²) in [5, 5.41) is 17.7. The molecule has 0 aliphatic rings. The van der Waals surface area contributed by atoms with E-state index in [4.69, 9.17) is 5.11 Å². The number of aliphatic hydroxyl groups excluding tert-OH is 1. The van der Waals surface area contributed by atoms with Crippen molar-refractivity contribution in [2.24, 2.45) is 0 Å². The fourth-order valence-electron chi connectivity index (χ4n) is 0.826. The van der Waals surface area contributed by atoms with Crippen molar-refractivity contribution >= 4 is 5.91 Å². The first-order chi connectivity index (χ1) is 6.11. The van der Waals surface area contributed by atoms with E-state index in [1.165, 1.54) is 13.3 Å². The number of hydrogen-bond donors (Lipinski definition) is 3. The number of aromatic nitrogens is 3. The van der Waals surface area contributed by atoms with Gasteiger partial charge in [-0.2, -0.15) is 5.10 Å². The van der Waals surface area contributed by atoms with Gasteiger partial charge in [0.25, 0.3) is 0 Å². The molecule has 0 aliphatic carbocycles. The molecule has 0 fully saturated rings. The van der Waals surface area contributed by atoms with Gasteiger partial charge in [0, 0.05) is 0 Å². The molecule has 1 aromatic heterocycles. The molecule has 1 rings (SSSR count). The molecular weight excluding hydrogens is 172 g/mol. The molecule has 2 atom stereocenters. The molecule has 0 bridgehead atoms. The normalized spacial score (nSPS) is 15.0. The van der Waals surface area contributed by atoms with Crippen LogP contribution >= 0.6 is 0 Å². The second kappa shape index (κ2) is 3.99. The molecule has 0 aromatic carbocycles. The van der Waals surface area contributed by atoms with Crippen molar-refractivity contribution in [1.29, 1.82) is 0 Å². The lowest BCUT2D eigenvalue weighted by molar-refractivity contribution is -0.129. The van der Waals surface area contributed by atoms with Gasteiger partial charge in [-0.3, -0.25) is 9.89 Å². The van der Waals surface area contributed by atoms with Crippen molar-refractivity contribution < 1.29 is 9.90 Å². The molecular formula is C7H12N4O2. The third-order valence-corrected chi connectivity index (χ3v) is 1.58. The predicted octanol–water partition coefficient (Wildman–Crippen LogP) is -0.637. The van der Waals surface area contributed by atoms with Gasteiger partial charge in [-0.25, -0.2) is 4.98 Å². The van der Waals surface area contributed by atoms with Gasteiger partial charge in [-0.15, -0.1) is 0 Å². The number of rotatable bonds is 3. The van der Waals surface area contributed by atoms with E-state index < -0.39 is 12.0 Å². The van der Waals surface area contributed by atoms with E-state index >= 15 is 0 Å². The molecule has 0 aliphatic heterocycles. The topological polar surface area (TPSA) is 90.9 Å². The average molecular weight is 184 g/mol. The minimum absolute atomic E-state index is 0.274. The average Bonchev–Trinajstić information content (AvgIpc) is 2.55. The number of carbonyl (C=O) groups excluding carboxylic acids is 1. The zero-order chi connectivity index (χ0) is 9.84. The Morgan fingerprint density at radius 3 is 2.85 bits per heavy atom. The van der Waals surface area contributed by atoms with Crippen LogP contribution in [0.2, 0.25) is 0 Å². The molecule has 0 saturated heterocycles. The second-order valence-electron chi connectivity index (χ2n) is 2.78. The predicted molar refractivity (Wildman–Crippen MR) is 44.6 cm³/mol. The fraction of sp³-hybridized carbons (Fsp3) is 0.571. The number of aliphatic hydroxyl groups is 1. The van der Waals surface area contributed by atoms with Crippen molar-refractivity contribution in [1.82, 2.24) is 20.5 Å². The van der Waals surface area contributed by atoms with E-state index in [-0.39, 0.29) is 6.04 Å². The Morgan fingerprint density at radius 1 is 1.69 bits per heavy atom. The zero-order valence-electron chi connectivity index (χ0n) is 7.48. The lowest BCUT2D eigenvalue weighted by Gasteiger charge is -2.11. The summed E-state index contributed by atoms with van der Waals surface area (Å²) < 4.78 is 0. The van der Waals surface area contributed by atoms with Crippen LogP contribution < -0.4 is 5.32 Å². The van der Waals surface area contributed by atoms with Gasteiger partial charge in [0.05, 0.1) is 6.04 Å². The number of aromatic amines is 1. The molecule has 1 aromatic rings. The summed E-state index contributed by atoms with van der Waals surface area (Å²) in [5.74, 6) is 0.137. The summed E-state index contributed by atoms with van der Waals surface area (Å²) in [6, 6.07) is -0.274. The summed E-state index contributed by atoms with van der Waals surface area (Å²) in [5.41, 5.74) is 0. The van der Waals surface area contributed by atoms with Crippen LogP contribution in [0.25, 0.3) is 0 Å². The molecule has 1 heterocycles. The van der Waals surface area contributed by atoms with Crippen LogP contribution in [0.5, 0.6) is 0 Å². The first-order valence-corrected chi connectivity index (χ1v) is 3.95. The summed E-state index contributed by atoms with van der Waals surface area (Å²) >= 11 is 0. The van der Waals surface area contributed by atoms with Crippen LogP contribution in [0.15, 0.2) is 6.33 Å². The van der Waals surface area contributed by atoms with Crippen LogP contribution in [0, 0.1) is 0 Å². The van der Waals surface area contributed by atoms with Gasteiger partial charge >= 0.3 is 0 Å². The number of nitrogens with zero attached hydrogens (tertiary/aromatic N) is 2. The molecule has 0 radical (unpaired) electrons. The highest BCUT2D eigenvalue weighted by atomic mass is 16.3. The van der Waals surface area contributed by atoms with E-state index in [9.17, 15) is 4.79 Å². The number of carbonyl (C=O) groups is 1. The Kier molecular flexibility index (Phi) is 2.97. The Morgan fingerprint density at radius 2 is 2.38 bits per heavy atom. The maximum atomic E-state index is 11.0. The number of amides is 1. The van der Waals surface area contributed by atoms with Gasteiger partial charge in [0.2, 0.25) is 5.91 Å². The molecule has 72 valence electrons. The molecule has 6 heteroatoms. The molecule has 1 unspecified atom stereocenters. The third-order valence-electron chi connectivity index (χ3n) is 1.58. The van der Waals surface area contributed by atoms with Crippen LogP contribution in [0.1, 0.15) is 25.7 Å². The summed E-state index contributed by atoms with van der Waals surface area (Å²) in [6.45, 7) is 3.16. The highest BCUT2D eigenvalue weighted by molar-refractivity contribution is 5.80. The number of H-pyrrole nitrogens is 1. The number of hydrogen-bond acceptors (Lipinski definition) is 4. The van der Waals surface area contributed by atoms with E-state index in [2.05, 4.69) is 20.5 Å². The molecule has 3 N–H and O–H groups in total. The van der Waals surface area contributed by atoms with Crippen molar-refractivity contribution in [2.75, 3.05) is 0 Å². The van der Waals surface area contributed by atoms with E-state index in [1.807, 2.05) is 0 Å². The lowest BCUT2D eigenvalue weighted by Crippen LogP contribution is -2.34. The van der Waals surface area contributed by atoms with Crippen LogP contribution in [0.4, 0.5) is 0 Å². The van der Waals surface area contributed by atoms with Crippen LogP contribution in [0.3, 0.4) is 0 Å². The van der Waals surface area contributed by atoms with E-state index in [0.29, 0.717) is 5.82 Å². The SMILES string of the molecule is CC(NC(=O)[C@@H](C)O)c1ncn[nH]1. The van der Waals surface area contributed by atoms with Crippen molar-refractivity contribution in [3.05, 3.63) is 12.2 Å². The highest BCUT2D eigenvalue weighted by Crippen LogP contribution is 2.03. The van der Waals surface area contributed by atoms with Crippen LogP contribution in [-0.2, 0) is 4.79 Å². The molecule has 0 saturated carbocycles. The van der Waals surface area contributed by atoms with Gasteiger partial charge in [0.1, 0.15) is 18.3 Å². The summed E-state index contributed by atoms with van der Waals surface area (Å²) in [7, 11) is 0. The van der Waals surface area contributed by atoms with E-state index in [1.54, 1.807) is 6.92 Å². The first kappa shape index (κ1) is 9.66. The maximum absolute atomic E-state index is 11.0. The first-order valence-electron chi connectivity index (χ1n) is 3.95. The monoisotopic (exact) mass is 184 g/mol. The third kappa shape index (κ3) is 2.51. The fourth-order valence-corrected chi connectivity index (χ4v) is 0.826. The Labute approximate surface area is 75.4 Å². The lowest BCUT2D eigenvalue weighted by atomic mass is 10.3. The molecule has 1 amide bonds. The zero-order valence-corrected chi connectivity index (χ0v) is 7.48. The van der Waals surface area contributed by atoms with Gasteiger partial charge in [0.15, 0.2) is 0 Å². The minimum Gasteiger partial charge on any atom is -0.384 e. The molecule has 6 nitrogen and oxygen atoms in total. The summed E-state index contributed by atoms with van der Waals surface area (Å²) in [4.78, 5) is 14.9. The van der Waals surface area contributed by atoms with Gasteiger partial charge < -0.3 is 10.4 Å².